The van der Waals surface area contributed by atoms with Crippen molar-refractivity contribution < 1.29 is 19.5 Å². The van der Waals surface area contributed by atoms with Gasteiger partial charge in [0, 0.05) is 0 Å². The van der Waals surface area contributed by atoms with Gasteiger partial charge in [-0.05, 0) is 13.8 Å². The molecule has 0 aromatic carbocycles. The maximum Gasteiger partial charge on any atom is 0.338 e. The number of amides is 2. The van der Waals surface area contributed by atoms with Crippen molar-refractivity contribution in [1.82, 2.24) is 5.48 Å². The Morgan fingerprint density at radius 1 is 1.55 bits per heavy atom. The van der Waals surface area contributed by atoms with Crippen molar-refractivity contribution in [1.29, 1.82) is 0 Å². The SMILES string of the molecule is CC(C)(ONC(N)=O)C(=O)O. The lowest BCUT2D eigenvalue weighted by Crippen LogP contribution is -2.43. The van der Waals surface area contributed by atoms with Crippen molar-refractivity contribution in [3.8, 4) is 0 Å². The summed E-state index contributed by atoms with van der Waals surface area (Å²) in [6.45, 7) is 2.57. The van der Waals surface area contributed by atoms with E-state index in [1.807, 2.05) is 0 Å². The molecule has 0 aliphatic carbocycles. The Morgan fingerprint density at radius 2 is 2.00 bits per heavy atom. The van der Waals surface area contributed by atoms with Crippen LogP contribution in [0.15, 0.2) is 0 Å². The average molecular weight is 162 g/mol. The largest absolute Gasteiger partial charge is 0.479 e. The molecule has 2 amide bonds. The lowest BCUT2D eigenvalue weighted by molar-refractivity contribution is -0.167. The second-order valence-electron chi connectivity index (χ2n) is 2.38. The molecule has 0 saturated heterocycles. The van der Waals surface area contributed by atoms with Gasteiger partial charge in [0.05, 0.1) is 0 Å². The fourth-order valence-corrected chi connectivity index (χ4v) is 0.222. The molecule has 0 aliphatic rings. The van der Waals surface area contributed by atoms with Crippen LogP contribution >= 0.6 is 0 Å². The first kappa shape index (κ1) is 9.70. The zero-order valence-electron chi connectivity index (χ0n) is 6.25. The first-order chi connectivity index (χ1) is 4.86. The lowest BCUT2D eigenvalue weighted by Gasteiger charge is -2.18. The first-order valence-electron chi connectivity index (χ1n) is 2.83. The van der Waals surface area contributed by atoms with Gasteiger partial charge < -0.3 is 10.8 Å². The van der Waals surface area contributed by atoms with Crippen molar-refractivity contribution in [3.63, 3.8) is 0 Å². The van der Waals surface area contributed by atoms with Crippen molar-refractivity contribution in [2.75, 3.05) is 0 Å². The third kappa shape index (κ3) is 3.41. The summed E-state index contributed by atoms with van der Waals surface area (Å²) in [7, 11) is 0. The Morgan fingerprint density at radius 3 is 2.27 bits per heavy atom. The van der Waals surface area contributed by atoms with Crippen LogP contribution in [0, 0.1) is 0 Å². The molecule has 0 aromatic heterocycles. The van der Waals surface area contributed by atoms with E-state index in [0.29, 0.717) is 0 Å². The van der Waals surface area contributed by atoms with Crippen molar-refractivity contribution in [2.24, 2.45) is 5.73 Å². The summed E-state index contributed by atoms with van der Waals surface area (Å²) in [5, 5.41) is 8.44. The quantitative estimate of drug-likeness (QED) is 0.484. The second-order valence-corrected chi connectivity index (χ2v) is 2.38. The molecule has 0 unspecified atom stereocenters. The highest BCUT2D eigenvalue weighted by Crippen LogP contribution is 2.05. The third-order valence-electron chi connectivity index (χ3n) is 0.922. The van der Waals surface area contributed by atoms with Crippen LogP contribution in [-0.2, 0) is 9.63 Å². The van der Waals surface area contributed by atoms with Gasteiger partial charge in [-0.15, -0.1) is 0 Å². The number of rotatable bonds is 3. The molecular formula is C5H10N2O4. The van der Waals surface area contributed by atoms with Crippen LogP contribution in [0.4, 0.5) is 4.79 Å². The van der Waals surface area contributed by atoms with Gasteiger partial charge >= 0.3 is 12.0 Å². The molecule has 0 fully saturated rings. The molecule has 11 heavy (non-hydrogen) atoms. The van der Waals surface area contributed by atoms with Crippen LogP contribution in [0.3, 0.4) is 0 Å². The zero-order chi connectivity index (χ0) is 9.07. The van der Waals surface area contributed by atoms with Crippen LogP contribution in [0.2, 0.25) is 0 Å². The third-order valence-corrected chi connectivity index (χ3v) is 0.922. The Kier molecular flexibility index (Phi) is 2.82. The number of urea groups is 1. The number of hydroxylamine groups is 1. The molecule has 4 N–H and O–H groups in total. The maximum absolute atomic E-state index is 10.3. The number of aliphatic carboxylic acids is 1. The van der Waals surface area contributed by atoms with Gasteiger partial charge in [0.2, 0.25) is 0 Å². The molecule has 0 bridgehead atoms. The Balaban J connectivity index is 3.92. The van der Waals surface area contributed by atoms with Crippen molar-refractivity contribution in [2.45, 2.75) is 19.4 Å². The van der Waals surface area contributed by atoms with Gasteiger partial charge in [-0.2, -0.15) is 0 Å². The van der Waals surface area contributed by atoms with E-state index in [9.17, 15) is 9.59 Å². The number of carboxylic acids is 1. The van der Waals surface area contributed by atoms with E-state index in [1.54, 1.807) is 5.48 Å². The maximum atomic E-state index is 10.3. The Bertz CT molecular complexity index is 177. The predicted octanol–water partition coefficient (Wildman–Crippen LogP) is -0.550. The minimum absolute atomic E-state index is 0.931. The number of carboxylic acid groups (broad SMARTS) is 1. The summed E-state index contributed by atoms with van der Waals surface area (Å²) in [6, 6.07) is -0.931. The van der Waals surface area contributed by atoms with E-state index in [2.05, 4.69) is 10.6 Å². The summed E-state index contributed by atoms with van der Waals surface area (Å²) in [4.78, 5) is 24.8. The fraction of sp³-hybridized carbons (Fsp3) is 0.600. The lowest BCUT2D eigenvalue weighted by atomic mass is 10.1. The summed E-state index contributed by atoms with van der Waals surface area (Å²) < 4.78 is 0. The Labute approximate surface area is 63.3 Å². The molecule has 0 spiro atoms. The Hall–Kier alpha value is -1.30. The number of carbonyl (C=O) groups excluding carboxylic acids is 1. The standard InChI is InChI=1S/C5H10N2O4/c1-5(2,3(8)9)11-7-4(6)10/h1-2H3,(H,8,9)(H3,6,7,10). The predicted molar refractivity (Wildman–Crippen MR) is 35.5 cm³/mol. The fourth-order valence-electron chi connectivity index (χ4n) is 0.222. The molecule has 0 radical (unpaired) electrons. The molecule has 0 aromatic rings. The van der Waals surface area contributed by atoms with Gasteiger partial charge in [0.15, 0.2) is 5.60 Å². The number of nitrogens with two attached hydrogens (primary N) is 1. The minimum atomic E-state index is -1.46. The molecule has 64 valence electrons. The highest BCUT2D eigenvalue weighted by molar-refractivity contribution is 5.77. The molecule has 6 nitrogen and oxygen atoms in total. The van der Waals surface area contributed by atoms with Crippen LogP contribution in [0.25, 0.3) is 0 Å². The van der Waals surface area contributed by atoms with E-state index in [1.165, 1.54) is 13.8 Å². The molecule has 0 saturated carbocycles. The number of primary amides is 1. The minimum Gasteiger partial charge on any atom is -0.479 e. The normalized spacial score (nSPS) is 10.7. The van der Waals surface area contributed by atoms with Gasteiger partial charge in [-0.1, -0.05) is 0 Å². The molecule has 0 atom stereocenters. The van der Waals surface area contributed by atoms with Gasteiger partial charge in [-0.3, -0.25) is 4.84 Å². The van der Waals surface area contributed by atoms with Gasteiger partial charge in [0.25, 0.3) is 0 Å². The number of hydrogen-bond acceptors (Lipinski definition) is 3. The van der Waals surface area contributed by atoms with E-state index in [-0.39, 0.29) is 0 Å². The van der Waals surface area contributed by atoms with Gasteiger partial charge in [0.1, 0.15) is 0 Å². The van der Waals surface area contributed by atoms with E-state index < -0.39 is 17.6 Å². The molecule has 6 heteroatoms. The first-order valence-corrected chi connectivity index (χ1v) is 2.83. The summed E-state index contributed by atoms with van der Waals surface area (Å²) in [5.41, 5.74) is 4.89. The zero-order valence-corrected chi connectivity index (χ0v) is 6.25. The van der Waals surface area contributed by atoms with E-state index >= 15 is 0 Å². The molecule has 0 heterocycles. The van der Waals surface area contributed by atoms with Crippen LogP contribution < -0.4 is 11.2 Å². The molecule has 0 aliphatic heterocycles. The number of carbonyl (C=O) groups is 2. The number of hydrogen-bond donors (Lipinski definition) is 3. The highest BCUT2D eigenvalue weighted by Gasteiger charge is 2.29. The monoisotopic (exact) mass is 162 g/mol. The topological polar surface area (TPSA) is 102 Å². The summed E-state index contributed by atoms with van der Waals surface area (Å²) in [6.07, 6.45) is 0. The van der Waals surface area contributed by atoms with E-state index in [0.717, 1.165) is 0 Å². The van der Waals surface area contributed by atoms with Crippen LogP contribution in [0.1, 0.15) is 13.8 Å². The average Bonchev–Trinajstić information content (AvgIpc) is 1.84. The van der Waals surface area contributed by atoms with Crippen LogP contribution in [-0.4, -0.2) is 22.7 Å². The molecular weight excluding hydrogens is 152 g/mol. The van der Waals surface area contributed by atoms with Crippen LogP contribution in [0.5, 0.6) is 0 Å². The summed E-state index contributed by atoms with van der Waals surface area (Å²) >= 11 is 0. The summed E-state index contributed by atoms with van der Waals surface area (Å²) in [5.74, 6) is -1.19. The van der Waals surface area contributed by atoms with E-state index in [4.69, 9.17) is 5.11 Å². The highest BCUT2D eigenvalue weighted by atomic mass is 16.7. The second kappa shape index (κ2) is 3.20. The van der Waals surface area contributed by atoms with Crippen molar-refractivity contribution in [3.05, 3.63) is 0 Å². The molecule has 0 rings (SSSR count). The number of nitrogens with one attached hydrogen (secondary N) is 1. The van der Waals surface area contributed by atoms with Crippen molar-refractivity contribution >= 4 is 12.0 Å². The smallest absolute Gasteiger partial charge is 0.338 e. The van der Waals surface area contributed by atoms with Gasteiger partial charge in [-0.25, -0.2) is 15.1 Å².